The summed E-state index contributed by atoms with van der Waals surface area (Å²) in [6.07, 6.45) is 0. The molecule has 1 heterocycles. The van der Waals surface area contributed by atoms with Gasteiger partial charge in [0.25, 0.3) is 0 Å². The van der Waals surface area contributed by atoms with E-state index in [0.29, 0.717) is 5.56 Å². The molecule has 24 heavy (non-hydrogen) atoms. The topological polar surface area (TPSA) is 147 Å². The number of anilines is 3. The number of fused-ring (bicyclic) bond motifs is 1. The number of nitrogen functional groups attached to an aromatic ring is 3. The fourth-order valence-corrected chi connectivity index (χ4v) is 2.93. The van der Waals surface area contributed by atoms with Gasteiger partial charge in [0, 0.05) is 4.92 Å². The monoisotopic (exact) mass is 324 g/mol. The highest BCUT2D eigenvalue weighted by molar-refractivity contribution is 5.87. The van der Waals surface area contributed by atoms with Crippen LogP contribution >= 0.6 is 0 Å². The average molecular weight is 324 g/mol. The van der Waals surface area contributed by atoms with Crippen molar-refractivity contribution in [2.45, 2.75) is 5.92 Å². The van der Waals surface area contributed by atoms with Crippen molar-refractivity contribution < 1.29 is 4.92 Å². The zero-order valence-corrected chi connectivity index (χ0v) is 12.7. The van der Waals surface area contributed by atoms with E-state index in [0.717, 1.165) is 16.3 Å². The van der Waals surface area contributed by atoms with Crippen molar-refractivity contribution in [3.05, 3.63) is 63.7 Å². The normalized spacial score (nSPS) is 12.2. The Balaban J connectivity index is 2.26. The van der Waals surface area contributed by atoms with Crippen LogP contribution in [0.4, 0.5) is 17.6 Å². The first kappa shape index (κ1) is 15.5. The van der Waals surface area contributed by atoms with Crippen molar-refractivity contribution >= 4 is 28.4 Å². The van der Waals surface area contributed by atoms with Crippen molar-refractivity contribution in [3.8, 4) is 0 Å². The minimum Gasteiger partial charge on any atom is -0.383 e. The zero-order chi connectivity index (χ0) is 17.3. The van der Waals surface area contributed by atoms with Crippen molar-refractivity contribution in [2.75, 3.05) is 23.7 Å². The first-order chi connectivity index (χ1) is 11.5. The zero-order valence-electron chi connectivity index (χ0n) is 12.7. The smallest absolute Gasteiger partial charge is 0.223 e. The first-order valence-electron chi connectivity index (χ1n) is 7.25. The molecule has 1 atom stereocenters. The van der Waals surface area contributed by atoms with Gasteiger partial charge in [0.2, 0.25) is 12.5 Å². The lowest BCUT2D eigenvalue weighted by atomic mass is 9.88. The van der Waals surface area contributed by atoms with Gasteiger partial charge in [-0.2, -0.15) is 9.97 Å². The molecule has 8 heteroatoms. The number of benzene rings is 2. The van der Waals surface area contributed by atoms with Crippen LogP contribution < -0.4 is 17.2 Å². The quantitative estimate of drug-likeness (QED) is 0.489. The lowest BCUT2D eigenvalue weighted by Gasteiger charge is -2.19. The second kappa shape index (κ2) is 5.99. The maximum absolute atomic E-state index is 11.2. The molecule has 0 aliphatic carbocycles. The fourth-order valence-electron chi connectivity index (χ4n) is 2.93. The van der Waals surface area contributed by atoms with Crippen LogP contribution in [0.2, 0.25) is 0 Å². The number of rotatable bonds is 4. The van der Waals surface area contributed by atoms with Gasteiger partial charge in [-0.15, -0.1) is 0 Å². The standard InChI is InChI=1S/C16H16N6O2/c17-14-13(15(18)21-16(19)20-14)12(8-22(23)24)11-7-3-5-9-4-1-2-6-10(9)11/h1-7,12H,8H2,(H6,17,18,19,20,21). The number of aromatic nitrogens is 2. The van der Waals surface area contributed by atoms with Gasteiger partial charge < -0.3 is 17.2 Å². The van der Waals surface area contributed by atoms with Gasteiger partial charge in [-0.05, 0) is 16.3 Å². The Morgan fingerprint density at radius 3 is 2.29 bits per heavy atom. The molecule has 0 amide bonds. The maximum atomic E-state index is 11.2. The summed E-state index contributed by atoms with van der Waals surface area (Å²) in [6.45, 7) is -0.379. The molecule has 0 saturated carbocycles. The molecule has 2 aromatic carbocycles. The molecule has 1 aromatic heterocycles. The summed E-state index contributed by atoms with van der Waals surface area (Å²) in [7, 11) is 0. The van der Waals surface area contributed by atoms with Crippen LogP contribution in [0, 0.1) is 10.1 Å². The van der Waals surface area contributed by atoms with Crippen molar-refractivity contribution in [2.24, 2.45) is 0 Å². The molecule has 0 spiro atoms. The third-order valence-electron chi connectivity index (χ3n) is 3.90. The van der Waals surface area contributed by atoms with Crippen LogP contribution in [-0.2, 0) is 0 Å². The van der Waals surface area contributed by atoms with Gasteiger partial charge in [0.15, 0.2) is 0 Å². The molecule has 0 aliphatic rings. The van der Waals surface area contributed by atoms with Crippen LogP contribution in [0.1, 0.15) is 17.0 Å². The Morgan fingerprint density at radius 1 is 1.00 bits per heavy atom. The van der Waals surface area contributed by atoms with Gasteiger partial charge in [-0.3, -0.25) is 10.1 Å². The Bertz CT molecular complexity index is 899. The van der Waals surface area contributed by atoms with E-state index in [4.69, 9.17) is 17.2 Å². The van der Waals surface area contributed by atoms with Gasteiger partial charge in [-0.25, -0.2) is 0 Å². The van der Waals surface area contributed by atoms with E-state index >= 15 is 0 Å². The lowest BCUT2D eigenvalue weighted by Crippen LogP contribution is -2.19. The Kier molecular flexibility index (Phi) is 3.87. The van der Waals surface area contributed by atoms with Crippen LogP contribution in [-0.4, -0.2) is 21.4 Å². The molecule has 3 aromatic rings. The van der Waals surface area contributed by atoms with Crippen LogP contribution in [0.15, 0.2) is 42.5 Å². The van der Waals surface area contributed by atoms with E-state index in [1.807, 2.05) is 42.5 Å². The third-order valence-corrected chi connectivity index (χ3v) is 3.90. The summed E-state index contributed by atoms with van der Waals surface area (Å²) in [5, 5.41) is 13.1. The molecule has 1 unspecified atom stereocenters. The predicted octanol–water partition coefficient (Wildman–Crippen LogP) is 1.79. The molecule has 0 bridgehead atoms. The molecule has 8 nitrogen and oxygen atoms in total. The van der Waals surface area contributed by atoms with E-state index < -0.39 is 10.8 Å². The number of nitro groups is 1. The summed E-state index contributed by atoms with van der Waals surface area (Å²) in [6, 6.07) is 13.2. The number of hydrogen-bond acceptors (Lipinski definition) is 7. The highest BCUT2D eigenvalue weighted by Crippen LogP contribution is 2.35. The second-order valence-corrected chi connectivity index (χ2v) is 5.40. The highest BCUT2D eigenvalue weighted by Gasteiger charge is 2.28. The van der Waals surface area contributed by atoms with Gasteiger partial charge in [0.05, 0.1) is 11.5 Å². The summed E-state index contributed by atoms with van der Waals surface area (Å²) >= 11 is 0. The number of hydrogen-bond donors (Lipinski definition) is 3. The Labute approximate surface area is 137 Å². The van der Waals surface area contributed by atoms with E-state index in [1.165, 1.54) is 0 Å². The van der Waals surface area contributed by atoms with Crippen LogP contribution in [0.25, 0.3) is 10.8 Å². The largest absolute Gasteiger partial charge is 0.383 e. The van der Waals surface area contributed by atoms with Crippen molar-refractivity contribution in [1.29, 1.82) is 0 Å². The molecule has 0 fully saturated rings. The molecule has 3 rings (SSSR count). The lowest BCUT2D eigenvalue weighted by molar-refractivity contribution is -0.481. The molecular formula is C16H16N6O2. The molecule has 0 aliphatic heterocycles. The summed E-state index contributed by atoms with van der Waals surface area (Å²) in [4.78, 5) is 18.7. The van der Waals surface area contributed by atoms with E-state index in [1.54, 1.807) is 0 Å². The van der Waals surface area contributed by atoms with E-state index in [9.17, 15) is 10.1 Å². The Morgan fingerprint density at radius 2 is 1.62 bits per heavy atom. The van der Waals surface area contributed by atoms with Gasteiger partial charge >= 0.3 is 0 Å². The minimum atomic E-state index is -0.674. The van der Waals surface area contributed by atoms with Crippen molar-refractivity contribution in [1.82, 2.24) is 9.97 Å². The van der Waals surface area contributed by atoms with Crippen LogP contribution in [0.5, 0.6) is 0 Å². The van der Waals surface area contributed by atoms with E-state index in [2.05, 4.69) is 9.97 Å². The summed E-state index contributed by atoms with van der Waals surface area (Å²) in [5.74, 6) is -0.627. The Hall–Kier alpha value is -3.42. The third kappa shape index (κ3) is 2.76. The second-order valence-electron chi connectivity index (χ2n) is 5.40. The summed E-state index contributed by atoms with van der Waals surface area (Å²) < 4.78 is 0. The number of nitrogens with two attached hydrogens (primary N) is 3. The molecule has 122 valence electrons. The predicted molar refractivity (Wildman–Crippen MR) is 92.9 cm³/mol. The minimum absolute atomic E-state index is 0.0554. The van der Waals surface area contributed by atoms with E-state index in [-0.39, 0.29) is 24.1 Å². The maximum Gasteiger partial charge on any atom is 0.223 e. The highest BCUT2D eigenvalue weighted by atomic mass is 16.6. The average Bonchev–Trinajstić information content (AvgIpc) is 2.52. The first-order valence-corrected chi connectivity index (χ1v) is 7.25. The van der Waals surface area contributed by atoms with Crippen molar-refractivity contribution in [3.63, 3.8) is 0 Å². The molecule has 0 radical (unpaired) electrons. The number of nitrogens with zero attached hydrogens (tertiary/aromatic N) is 3. The summed E-state index contributed by atoms with van der Waals surface area (Å²) in [5.41, 5.74) is 18.5. The van der Waals surface area contributed by atoms with Gasteiger partial charge in [0.1, 0.15) is 11.6 Å². The molecule has 6 N–H and O–H groups in total. The molecule has 0 saturated heterocycles. The SMILES string of the molecule is Nc1nc(N)c(C(C[N+](=O)[O-])c2cccc3ccccc23)c(N)n1. The molecular weight excluding hydrogens is 308 g/mol. The fraction of sp³-hybridized carbons (Fsp3) is 0.125. The van der Waals surface area contributed by atoms with Gasteiger partial charge in [-0.1, -0.05) is 42.5 Å². The van der Waals surface area contributed by atoms with Crippen LogP contribution in [0.3, 0.4) is 0 Å².